The first-order valence-electron chi connectivity index (χ1n) is 7.71. The van der Waals surface area contributed by atoms with Gasteiger partial charge in [-0.3, -0.25) is 0 Å². The molecule has 0 atom stereocenters. The number of pyridine rings is 1. The largest absolute Gasteiger partial charge is 0.338 e. The number of aryl methyl sites for hydroxylation is 2. The summed E-state index contributed by atoms with van der Waals surface area (Å²) in [5.41, 5.74) is 7.24. The molecular weight excluding hydrogens is 282 g/mol. The number of para-hydroxylation sites is 1. The van der Waals surface area contributed by atoms with Crippen LogP contribution in [0.2, 0.25) is 0 Å². The van der Waals surface area contributed by atoms with Crippen molar-refractivity contribution < 1.29 is 0 Å². The Hall–Kier alpha value is -2.94. The number of rotatable bonds is 1. The summed E-state index contributed by atoms with van der Waals surface area (Å²) in [5, 5.41) is 3.45. The standard InChI is InChI=1S/C20H17N3/c1-13-12-18-20(21-14(13)2)23-17-11-7-6-10-16(17)19(22-18)15-8-4-3-5-9-15/h3-12H,1-2H3,(H,21,23). The lowest BCUT2D eigenvalue weighted by molar-refractivity contribution is 1.15. The number of aromatic nitrogens is 1. The van der Waals surface area contributed by atoms with Crippen LogP contribution in [0.3, 0.4) is 0 Å². The Morgan fingerprint density at radius 3 is 2.43 bits per heavy atom. The lowest BCUT2D eigenvalue weighted by Crippen LogP contribution is -2.04. The number of benzene rings is 2. The first-order valence-corrected chi connectivity index (χ1v) is 7.71. The lowest BCUT2D eigenvalue weighted by atomic mass is 10.0. The summed E-state index contributed by atoms with van der Waals surface area (Å²) in [6.07, 6.45) is 0. The Bertz CT molecular complexity index is 911. The minimum atomic E-state index is 0.812. The highest BCUT2D eigenvalue weighted by Gasteiger charge is 2.18. The average Bonchev–Trinajstić information content (AvgIpc) is 2.73. The van der Waals surface area contributed by atoms with Crippen molar-refractivity contribution in [3.05, 3.63) is 83.0 Å². The van der Waals surface area contributed by atoms with Crippen molar-refractivity contribution >= 4 is 22.9 Å². The number of hydrogen-bond acceptors (Lipinski definition) is 3. The number of hydrogen-bond donors (Lipinski definition) is 1. The predicted octanol–water partition coefficient (Wildman–Crippen LogP) is 4.92. The maximum atomic E-state index is 4.94. The minimum Gasteiger partial charge on any atom is -0.338 e. The van der Waals surface area contributed by atoms with Gasteiger partial charge in [-0.1, -0.05) is 48.5 Å². The van der Waals surface area contributed by atoms with Crippen molar-refractivity contribution in [2.24, 2.45) is 4.99 Å². The van der Waals surface area contributed by atoms with Crippen LogP contribution in [0.1, 0.15) is 22.4 Å². The molecule has 4 rings (SSSR count). The van der Waals surface area contributed by atoms with E-state index in [0.717, 1.165) is 45.3 Å². The Labute approximate surface area is 135 Å². The van der Waals surface area contributed by atoms with E-state index in [0.29, 0.717) is 0 Å². The molecule has 2 heterocycles. The Kier molecular flexibility index (Phi) is 3.19. The maximum Gasteiger partial charge on any atom is 0.156 e. The van der Waals surface area contributed by atoms with Gasteiger partial charge in [0.25, 0.3) is 0 Å². The van der Waals surface area contributed by atoms with Gasteiger partial charge >= 0.3 is 0 Å². The molecule has 0 fully saturated rings. The second-order valence-corrected chi connectivity index (χ2v) is 5.76. The van der Waals surface area contributed by atoms with Crippen molar-refractivity contribution in [3.63, 3.8) is 0 Å². The number of nitrogens with one attached hydrogen (secondary N) is 1. The van der Waals surface area contributed by atoms with Crippen molar-refractivity contribution in [2.75, 3.05) is 5.32 Å². The molecule has 0 amide bonds. The monoisotopic (exact) mass is 299 g/mol. The Morgan fingerprint density at radius 2 is 1.61 bits per heavy atom. The molecule has 0 saturated heterocycles. The predicted molar refractivity (Wildman–Crippen MR) is 95.2 cm³/mol. The van der Waals surface area contributed by atoms with Crippen molar-refractivity contribution in [3.8, 4) is 0 Å². The van der Waals surface area contributed by atoms with E-state index >= 15 is 0 Å². The maximum absolute atomic E-state index is 4.94. The van der Waals surface area contributed by atoms with Gasteiger partial charge in [0.15, 0.2) is 5.82 Å². The van der Waals surface area contributed by atoms with Gasteiger partial charge in [-0.05, 0) is 31.5 Å². The molecule has 1 aromatic heterocycles. The van der Waals surface area contributed by atoms with Crippen molar-refractivity contribution in [1.82, 2.24) is 4.98 Å². The summed E-state index contributed by atoms with van der Waals surface area (Å²) in [6, 6.07) is 20.6. The van der Waals surface area contributed by atoms with Gasteiger partial charge in [0.05, 0.1) is 5.71 Å². The molecular formula is C20H17N3. The molecule has 1 N–H and O–H groups in total. The summed E-state index contributed by atoms with van der Waals surface area (Å²) in [4.78, 5) is 9.63. The molecule has 3 nitrogen and oxygen atoms in total. The van der Waals surface area contributed by atoms with E-state index in [4.69, 9.17) is 4.99 Å². The molecule has 112 valence electrons. The van der Waals surface area contributed by atoms with Crippen molar-refractivity contribution in [2.45, 2.75) is 13.8 Å². The van der Waals surface area contributed by atoms with E-state index in [1.807, 2.05) is 37.3 Å². The topological polar surface area (TPSA) is 37.3 Å². The second-order valence-electron chi connectivity index (χ2n) is 5.76. The Balaban J connectivity index is 2.01. The number of nitrogens with zero attached hydrogens (tertiary/aromatic N) is 2. The fourth-order valence-electron chi connectivity index (χ4n) is 2.79. The first kappa shape index (κ1) is 13.7. The fraction of sp³-hybridized carbons (Fsp3) is 0.100. The van der Waals surface area contributed by atoms with E-state index in [-0.39, 0.29) is 0 Å². The zero-order chi connectivity index (χ0) is 15.8. The van der Waals surface area contributed by atoms with Crippen LogP contribution in [0.15, 0.2) is 65.7 Å². The third kappa shape index (κ3) is 2.40. The quantitative estimate of drug-likeness (QED) is 0.541. The van der Waals surface area contributed by atoms with E-state index in [1.54, 1.807) is 0 Å². The van der Waals surface area contributed by atoms with Gasteiger partial charge < -0.3 is 5.32 Å². The molecule has 0 spiro atoms. The molecule has 1 aliphatic heterocycles. The molecule has 0 radical (unpaired) electrons. The summed E-state index contributed by atoms with van der Waals surface area (Å²) >= 11 is 0. The van der Waals surface area contributed by atoms with Gasteiger partial charge in [0, 0.05) is 22.5 Å². The van der Waals surface area contributed by atoms with Gasteiger partial charge in [-0.15, -0.1) is 0 Å². The minimum absolute atomic E-state index is 0.812. The molecule has 1 aliphatic rings. The van der Waals surface area contributed by atoms with Crippen molar-refractivity contribution in [1.29, 1.82) is 0 Å². The average molecular weight is 299 g/mol. The molecule has 3 heteroatoms. The first-order chi connectivity index (χ1) is 11.2. The SMILES string of the molecule is Cc1cc2c(nc1C)Nc1ccccc1C(c1ccccc1)=N2. The molecule has 0 bridgehead atoms. The summed E-state index contributed by atoms with van der Waals surface area (Å²) in [5.74, 6) is 0.812. The lowest BCUT2D eigenvalue weighted by Gasteiger charge is -2.10. The molecule has 23 heavy (non-hydrogen) atoms. The summed E-state index contributed by atoms with van der Waals surface area (Å²) in [7, 11) is 0. The third-order valence-electron chi connectivity index (χ3n) is 4.16. The number of fused-ring (bicyclic) bond motifs is 2. The third-order valence-corrected chi connectivity index (χ3v) is 4.16. The highest BCUT2D eigenvalue weighted by Crippen LogP contribution is 2.35. The van der Waals surface area contributed by atoms with Crippen LogP contribution in [0.25, 0.3) is 0 Å². The van der Waals surface area contributed by atoms with Crippen LogP contribution < -0.4 is 5.32 Å². The van der Waals surface area contributed by atoms with Gasteiger partial charge in [0.2, 0.25) is 0 Å². The highest BCUT2D eigenvalue weighted by atomic mass is 15.0. The van der Waals surface area contributed by atoms with Gasteiger partial charge in [-0.2, -0.15) is 0 Å². The van der Waals surface area contributed by atoms with Crippen LogP contribution in [-0.2, 0) is 0 Å². The van der Waals surface area contributed by atoms with E-state index in [1.165, 1.54) is 0 Å². The van der Waals surface area contributed by atoms with Crippen LogP contribution in [0.5, 0.6) is 0 Å². The zero-order valence-corrected chi connectivity index (χ0v) is 13.2. The molecule has 0 saturated carbocycles. The smallest absolute Gasteiger partial charge is 0.156 e. The second kappa shape index (κ2) is 5.36. The van der Waals surface area contributed by atoms with E-state index in [9.17, 15) is 0 Å². The van der Waals surface area contributed by atoms with Crippen LogP contribution in [0, 0.1) is 13.8 Å². The van der Waals surface area contributed by atoms with Gasteiger partial charge in [-0.25, -0.2) is 9.98 Å². The van der Waals surface area contributed by atoms with E-state index < -0.39 is 0 Å². The van der Waals surface area contributed by atoms with Crippen LogP contribution >= 0.6 is 0 Å². The normalized spacial score (nSPS) is 12.5. The fourth-order valence-corrected chi connectivity index (χ4v) is 2.79. The number of anilines is 2. The summed E-state index contributed by atoms with van der Waals surface area (Å²) in [6.45, 7) is 4.09. The Morgan fingerprint density at radius 1 is 0.870 bits per heavy atom. The van der Waals surface area contributed by atoms with Gasteiger partial charge in [0.1, 0.15) is 5.69 Å². The summed E-state index contributed by atoms with van der Waals surface area (Å²) < 4.78 is 0. The highest BCUT2D eigenvalue weighted by molar-refractivity contribution is 6.18. The number of aliphatic imine (C=N–C) groups is 1. The molecule has 2 aromatic carbocycles. The van der Waals surface area contributed by atoms with Crippen LogP contribution in [0.4, 0.5) is 17.2 Å². The molecule has 3 aromatic rings. The molecule has 0 aliphatic carbocycles. The van der Waals surface area contributed by atoms with Crippen LogP contribution in [-0.4, -0.2) is 10.7 Å². The van der Waals surface area contributed by atoms with E-state index in [2.05, 4.69) is 47.6 Å². The zero-order valence-electron chi connectivity index (χ0n) is 13.2. The molecule has 0 unspecified atom stereocenters.